The largest absolute Gasteiger partial charge is 0.469 e. The molecule has 0 amide bonds. The van der Waals surface area contributed by atoms with Gasteiger partial charge in [-0.3, -0.25) is 4.79 Å². The summed E-state index contributed by atoms with van der Waals surface area (Å²) in [5.41, 5.74) is 6.81. The van der Waals surface area contributed by atoms with Gasteiger partial charge in [-0.25, -0.2) is 4.98 Å². The number of ether oxygens (including phenoxy) is 1. The summed E-state index contributed by atoms with van der Waals surface area (Å²) >= 11 is 5.68. The first-order valence-corrected chi connectivity index (χ1v) is 4.49. The van der Waals surface area contributed by atoms with E-state index >= 15 is 0 Å². The van der Waals surface area contributed by atoms with E-state index in [1.165, 1.54) is 7.11 Å². The van der Waals surface area contributed by atoms with Gasteiger partial charge in [-0.15, -0.1) is 0 Å². The first-order chi connectivity index (χ1) is 6.63. The van der Waals surface area contributed by atoms with Crippen LogP contribution in [0.1, 0.15) is 12.1 Å². The van der Waals surface area contributed by atoms with E-state index in [-0.39, 0.29) is 12.4 Å². The van der Waals surface area contributed by atoms with Gasteiger partial charge in [0.1, 0.15) is 5.15 Å². The Morgan fingerprint density at radius 2 is 2.36 bits per heavy atom. The summed E-state index contributed by atoms with van der Waals surface area (Å²) in [6.45, 7) is 0. The van der Waals surface area contributed by atoms with Crippen molar-refractivity contribution in [1.82, 2.24) is 4.98 Å². The van der Waals surface area contributed by atoms with Crippen LogP contribution in [-0.2, 0) is 16.0 Å². The highest BCUT2D eigenvalue weighted by Gasteiger charge is 2.06. The average molecular weight is 215 g/mol. The van der Waals surface area contributed by atoms with E-state index in [2.05, 4.69) is 9.72 Å². The van der Waals surface area contributed by atoms with Gasteiger partial charge in [-0.05, 0) is 12.1 Å². The molecule has 1 rings (SSSR count). The van der Waals surface area contributed by atoms with Gasteiger partial charge < -0.3 is 10.5 Å². The minimum absolute atomic E-state index is 0.258. The molecule has 0 aliphatic carbocycles. The molecule has 0 atom stereocenters. The quantitative estimate of drug-likeness (QED) is 0.611. The zero-order chi connectivity index (χ0) is 10.6. The fraction of sp³-hybridized carbons (Fsp3) is 0.333. The first kappa shape index (κ1) is 10.8. The zero-order valence-corrected chi connectivity index (χ0v) is 8.54. The summed E-state index contributed by atoms with van der Waals surface area (Å²) in [5.74, 6) is -0.286. The number of nitrogens with two attached hydrogens (primary N) is 1. The molecule has 0 saturated carbocycles. The summed E-state index contributed by atoms with van der Waals surface area (Å²) in [4.78, 5) is 14.9. The van der Waals surface area contributed by atoms with E-state index in [1.54, 1.807) is 12.1 Å². The molecule has 0 bridgehead atoms. The molecular formula is C9H11ClN2O2. The van der Waals surface area contributed by atoms with Gasteiger partial charge in [0.25, 0.3) is 0 Å². The predicted molar refractivity (Wildman–Crippen MR) is 54.0 cm³/mol. The van der Waals surface area contributed by atoms with E-state index in [9.17, 15) is 4.79 Å². The number of methoxy groups -OCH3 is 1. The minimum atomic E-state index is -0.286. The fourth-order valence-electron chi connectivity index (χ4n) is 1.01. The van der Waals surface area contributed by atoms with Crippen LogP contribution in [-0.4, -0.2) is 18.1 Å². The standard InChI is InChI=1S/C9H11ClN2O2/c1-14-9(13)5-3-7-6(11)2-4-8(10)12-7/h2,4H,3,5,11H2,1H3. The van der Waals surface area contributed by atoms with E-state index < -0.39 is 0 Å². The highest BCUT2D eigenvalue weighted by atomic mass is 35.5. The molecule has 0 saturated heterocycles. The Labute approximate surface area is 87.0 Å². The van der Waals surface area contributed by atoms with Gasteiger partial charge >= 0.3 is 5.97 Å². The van der Waals surface area contributed by atoms with Crippen LogP contribution >= 0.6 is 11.6 Å². The van der Waals surface area contributed by atoms with Crippen LogP contribution in [0.5, 0.6) is 0 Å². The lowest BCUT2D eigenvalue weighted by molar-refractivity contribution is -0.140. The zero-order valence-electron chi connectivity index (χ0n) is 7.79. The second kappa shape index (κ2) is 4.81. The monoisotopic (exact) mass is 214 g/mol. The van der Waals surface area contributed by atoms with Crippen LogP contribution in [0, 0.1) is 0 Å². The highest BCUT2D eigenvalue weighted by Crippen LogP contribution is 2.14. The Balaban J connectivity index is 2.66. The van der Waals surface area contributed by atoms with Crippen molar-refractivity contribution in [2.75, 3.05) is 12.8 Å². The molecule has 14 heavy (non-hydrogen) atoms. The number of rotatable bonds is 3. The van der Waals surface area contributed by atoms with Gasteiger partial charge in [0, 0.05) is 6.42 Å². The Morgan fingerprint density at radius 3 is 3.00 bits per heavy atom. The first-order valence-electron chi connectivity index (χ1n) is 4.11. The smallest absolute Gasteiger partial charge is 0.305 e. The number of nitrogen functional groups attached to an aromatic ring is 1. The van der Waals surface area contributed by atoms with Crippen molar-refractivity contribution in [2.24, 2.45) is 0 Å². The number of halogens is 1. The topological polar surface area (TPSA) is 65.2 Å². The molecule has 1 heterocycles. The van der Waals surface area contributed by atoms with Crippen molar-refractivity contribution < 1.29 is 9.53 Å². The normalized spacial score (nSPS) is 9.86. The Morgan fingerprint density at radius 1 is 1.64 bits per heavy atom. The summed E-state index contributed by atoms with van der Waals surface area (Å²) in [7, 11) is 1.34. The molecule has 0 aliphatic rings. The van der Waals surface area contributed by atoms with Gasteiger partial charge in [0.2, 0.25) is 0 Å². The molecule has 1 aromatic rings. The van der Waals surface area contributed by atoms with E-state index in [0.717, 1.165) is 0 Å². The van der Waals surface area contributed by atoms with Crippen molar-refractivity contribution in [3.8, 4) is 0 Å². The number of esters is 1. The molecule has 0 unspecified atom stereocenters. The number of hydrogen-bond donors (Lipinski definition) is 1. The maximum atomic E-state index is 10.9. The molecule has 0 aliphatic heterocycles. The van der Waals surface area contributed by atoms with Crippen LogP contribution in [0.15, 0.2) is 12.1 Å². The molecule has 0 radical (unpaired) electrons. The van der Waals surface area contributed by atoms with E-state index in [1.807, 2.05) is 0 Å². The van der Waals surface area contributed by atoms with Gasteiger partial charge in [0.05, 0.1) is 24.9 Å². The Hall–Kier alpha value is -1.29. The van der Waals surface area contributed by atoms with Crippen molar-refractivity contribution in [1.29, 1.82) is 0 Å². The molecule has 1 aromatic heterocycles. The lowest BCUT2D eigenvalue weighted by Gasteiger charge is -2.03. The van der Waals surface area contributed by atoms with E-state index in [4.69, 9.17) is 17.3 Å². The molecule has 2 N–H and O–H groups in total. The number of aryl methyl sites for hydroxylation is 1. The van der Waals surface area contributed by atoms with Crippen molar-refractivity contribution in [3.05, 3.63) is 23.0 Å². The number of carbonyl (C=O) groups excluding carboxylic acids is 1. The molecule has 0 spiro atoms. The van der Waals surface area contributed by atoms with Crippen LogP contribution in [0.2, 0.25) is 5.15 Å². The average Bonchev–Trinajstić information content (AvgIpc) is 2.19. The number of hydrogen-bond acceptors (Lipinski definition) is 4. The Kier molecular flexibility index (Phi) is 3.71. The maximum Gasteiger partial charge on any atom is 0.305 e. The lowest BCUT2D eigenvalue weighted by Crippen LogP contribution is -2.05. The van der Waals surface area contributed by atoms with Gasteiger partial charge in [0.15, 0.2) is 0 Å². The van der Waals surface area contributed by atoms with Crippen molar-refractivity contribution >= 4 is 23.3 Å². The highest BCUT2D eigenvalue weighted by molar-refractivity contribution is 6.29. The third-order valence-electron chi connectivity index (χ3n) is 1.77. The maximum absolute atomic E-state index is 10.9. The van der Waals surface area contributed by atoms with Crippen molar-refractivity contribution in [3.63, 3.8) is 0 Å². The predicted octanol–water partition coefficient (Wildman–Crippen LogP) is 1.42. The second-order valence-corrected chi connectivity index (χ2v) is 3.13. The lowest BCUT2D eigenvalue weighted by atomic mass is 10.2. The minimum Gasteiger partial charge on any atom is -0.469 e. The summed E-state index contributed by atoms with van der Waals surface area (Å²) in [6.07, 6.45) is 0.701. The summed E-state index contributed by atoms with van der Waals surface area (Å²) in [6, 6.07) is 3.28. The van der Waals surface area contributed by atoms with E-state index in [0.29, 0.717) is 23.0 Å². The van der Waals surface area contributed by atoms with Gasteiger partial charge in [-0.1, -0.05) is 11.6 Å². The summed E-state index contributed by atoms with van der Waals surface area (Å²) < 4.78 is 4.50. The SMILES string of the molecule is COC(=O)CCc1nc(Cl)ccc1N. The van der Waals surface area contributed by atoms with Gasteiger partial charge in [-0.2, -0.15) is 0 Å². The van der Waals surface area contributed by atoms with Crippen LogP contribution < -0.4 is 5.73 Å². The third kappa shape index (κ3) is 2.88. The van der Waals surface area contributed by atoms with Crippen LogP contribution in [0.25, 0.3) is 0 Å². The second-order valence-electron chi connectivity index (χ2n) is 2.75. The van der Waals surface area contributed by atoms with Crippen molar-refractivity contribution in [2.45, 2.75) is 12.8 Å². The molecule has 5 heteroatoms. The van der Waals surface area contributed by atoms with Crippen LogP contribution in [0.4, 0.5) is 5.69 Å². The molecule has 4 nitrogen and oxygen atoms in total. The number of anilines is 1. The Bertz CT molecular complexity index is 342. The summed E-state index contributed by atoms with van der Waals surface area (Å²) in [5, 5.41) is 0.374. The molecular weight excluding hydrogens is 204 g/mol. The number of carbonyl (C=O) groups is 1. The third-order valence-corrected chi connectivity index (χ3v) is 1.98. The number of nitrogens with zero attached hydrogens (tertiary/aromatic N) is 1. The molecule has 76 valence electrons. The molecule has 0 fully saturated rings. The van der Waals surface area contributed by atoms with Crippen LogP contribution in [0.3, 0.4) is 0 Å². The fourth-order valence-corrected chi connectivity index (χ4v) is 1.17. The molecule has 0 aromatic carbocycles. The number of pyridine rings is 1. The number of aromatic nitrogens is 1.